The highest BCUT2D eigenvalue weighted by atomic mass is 16.5. The van der Waals surface area contributed by atoms with Gasteiger partial charge in [-0.3, -0.25) is 20.5 Å². The lowest BCUT2D eigenvalue weighted by molar-refractivity contribution is 0.122. The number of ether oxygens (including phenoxy) is 1. The maximum atomic E-state index is 5.49. The number of hydrogen-bond acceptors (Lipinski definition) is 7. The minimum Gasteiger partial charge on any atom is -0.378 e. The third-order valence-electron chi connectivity index (χ3n) is 7.89. The van der Waals surface area contributed by atoms with Gasteiger partial charge >= 0.3 is 0 Å². The SMILES string of the molecule is CCN1CCCC1CN=C1NC(Nc2ccc(N3CCOCC3)cc2)=NC(NC2CCCCCC2)N1. The van der Waals surface area contributed by atoms with Crippen molar-refractivity contribution in [1.82, 2.24) is 20.9 Å². The van der Waals surface area contributed by atoms with E-state index in [0.29, 0.717) is 12.1 Å². The van der Waals surface area contributed by atoms with Crippen molar-refractivity contribution in [3.8, 4) is 0 Å². The van der Waals surface area contributed by atoms with Crippen LogP contribution in [0.2, 0.25) is 0 Å². The van der Waals surface area contributed by atoms with Crippen LogP contribution in [0.3, 0.4) is 0 Å². The minimum absolute atomic E-state index is 0.186. The molecule has 4 aliphatic rings. The van der Waals surface area contributed by atoms with E-state index in [2.05, 4.69) is 62.3 Å². The Morgan fingerprint density at radius 3 is 2.53 bits per heavy atom. The Labute approximate surface area is 216 Å². The lowest BCUT2D eigenvalue weighted by atomic mass is 10.1. The van der Waals surface area contributed by atoms with Crippen LogP contribution in [0.15, 0.2) is 34.3 Å². The quantitative estimate of drug-likeness (QED) is 0.432. The number of hydrogen-bond donors (Lipinski definition) is 4. The zero-order valence-corrected chi connectivity index (χ0v) is 21.8. The number of rotatable bonds is 7. The summed E-state index contributed by atoms with van der Waals surface area (Å²) in [6.45, 7) is 8.80. The number of likely N-dealkylation sites (tertiary alicyclic amines) is 1. The fourth-order valence-electron chi connectivity index (χ4n) is 5.80. The lowest BCUT2D eigenvalue weighted by Crippen LogP contribution is -2.59. The zero-order chi connectivity index (χ0) is 24.6. The van der Waals surface area contributed by atoms with E-state index in [1.165, 1.54) is 63.6 Å². The Bertz CT molecular complexity index is 874. The topological polar surface area (TPSA) is 88.5 Å². The molecule has 0 aromatic heterocycles. The van der Waals surface area contributed by atoms with Gasteiger partial charge in [0.05, 0.1) is 19.8 Å². The third-order valence-corrected chi connectivity index (χ3v) is 7.89. The second kappa shape index (κ2) is 12.7. The number of aliphatic imine (C=N–C) groups is 2. The molecule has 3 aliphatic heterocycles. The molecule has 1 aliphatic carbocycles. The smallest absolute Gasteiger partial charge is 0.205 e. The van der Waals surface area contributed by atoms with Crippen LogP contribution in [0.5, 0.6) is 0 Å². The molecule has 198 valence electrons. The van der Waals surface area contributed by atoms with E-state index in [1.807, 2.05) is 0 Å². The van der Waals surface area contributed by atoms with Gasteiger partial charge in [-0.15, -0.1) is 0 Å². The van der Waals surface area contributed by atoms with Crippen molar-refractivity contribution in [2.24, 2.45) is 9.98 Å². The van der Waals surface area contributed by atoms with Gasteiger partial charge < -0.3 is 20.3 Å². The van der Waals surface area contributed by atoms with Gasteiger partial charge in [0.2, 0.25) is 11.9 Å². The van der Waals surface area contributed by atoms with E-state index in [0.717, 1.165) is 57.0 Å². The molecule has 0 radical (unpaired) electrons. The normalized spacial score (nSPS) is 27.3. The van der Waals surface area contributed by atoms with Gasteiger partial charge in [0.1, 0.15) is 0 Å². The Balaban J connectivity index is 1.26. The summed E-state index contributed by atoms with van der Waals surface area (Å²) in [6.07, 6.45) is 10.0. The summed E-state index contributed by atoms with van der Waals surface area (Å²) in [5, 5.41) is 14.2. The van der Waals surface area contributed by atoms with Crippen LogP contribution in [0.25, 0.3) is 0 Å². The van der Waals surface area contributed by atoms with Crippen molar-refractivity contribution in [3.63, 3.8) is 0 Å². The Morgan fingerprint density at radius 2 is 1.78 bits per heavy atom. The highest BCUT2D eigenvalue weighted by Gasteiger charge is 2.25. The molecule has 1 aromatic carbocycles. The third kappa shape index (κ3) is 6.89. The van der Waals surface area contributed by atoms with Crippen LogP contribution in [0.4, 0.5) is 11.4 Å². The summed E-state index contributed by atoms with van der Waals surface area (Å²) in [5.41, 5.74) is 2.25. The van der Waals surface area contributed by atoms with Crippen molar-refractivity contribution in [1.29, 1.82) is 0 Å². The highest BCUT2D eigenvalue weighted by molar-refractivity contribution is 6.06. The zero-order valence-electron chi connectivity index (χ0n) is 21.8. The predicted octanol–water partition coefficient (Wildman–Crippen LogP) is 2.92. The van der Waals surface area contributed by atoms with Crippen molar-refractivity contribution >= 4 is 23.3 Å². The molecule has 2 atom stereocenters. The molecule has 0 bridgehead atoms. The molecule has 3 heterocycles. The van der Waals surface area contributed by atoms with E-state index in [4.69, 9.17) is 14.7 Å². The van der Waals surface area contributed by atoms with Gasteiger partial charge in [-0.05, 0) is 63.0 Å². The van der Waals surface area contributed by atoms with Crippen LogP contribution in [0, 0.1) is 0 Å². The molecule has 4 N–H and O–H groups in total. The van der Waals surface area contributed by atoms with Crippen molar-refractivity contribution in [2.75, 3.05) is 56.2 Å². The van der Waals surface area contributed by atoms with Gasteiger partial charge in [0, 0.05) is 36.5 Å². The summed E-state index contributed by atoms with van der Waals surface area (Å²) < 4.78 is 5.49. The summed E-state index contributed by atoms with van der Waals surface area (Å²) in [6, 6.07) is 9.61. The average Bonchev–Trinajstić information content (AvgIpc) is 3.23. The molecule has 9 nitrogen and oxygen atoms in total. The fraction of sp³-hybridized carbons (Fsp3) is 0.704. The van der Waals surface area contributed by atoms with E-state index >= 15 is 0 Å². The molecular formula is C27H44N8O. The average molecular weight is 497 g/mol. The Hall–Kier alpha value is -2.36. The second-order valence-electron chi connectivity index (χ2n) is 10.4. The monoisotopic (exact) mass is 496 g/mol. The Morgan fingerprint density at radius 1 is 1.00 bits per heavy atom. The number of benzene rings is 1. The van der Waals surface area contributed by atoms with Gasteiger partial charge in [0.25, 0.3) is 0 Å². The maximum Gasteiger partial charge on any atom is 0.205 e. The summed E-state index contributed by atoms with van der Waals surface area (Å²) in [5.74, 6) is 1.53. The van der Waals surface area contributed by atoms with Crippen molar-refractivity contribution < 1.29 is 4.74 Å². The van der Waals surface area contributed by atoms with Crippen molar-refractivity contribution in [3.05, 3.63) is 24.3 Å². The first-order chi connectivity index (χ1) is 17.8. The van der Waals surface area contributed by atoms with Crippen LogP contribution in [-0.4, -0.2) is 81.1 Å². The van der Waals surface area contributed by atoms with Crippen LogP contribution < -0.4 is 26.2 Å². The minimum atomic E-state index is -0.186. The first kappa shape index (κ1) is 25.3. The van der Waals surface area contributed by atoms with Gasteiger partial charge in [-0.1, -0.05) is 32.6 Å². The van der Waals surface area contributed by atoms with Gasteiger partial charge in [-0.25, -0.2) is 4.99 Å². The molecule has 2 unspecified atom stereocenters. The molecule has 0 spiro atoms. The molecule has 0 amide bonds. The molecular weight excluding hydrogens is 452 g/mol. The number of morpholine rings is 1. The van der Waals surface area contributed by atoms with E-state index in [-0.39, 0.29) is 6.29 Å². The Kier molecular flexibility index (Phi) is 8.95. The fourth-order valence-corrected chi connectivity index (χ4v) is 5.80. The summed E-state index contributed by atoms with van der Waals surface area (Å²) in [7, 11) is 0. The number of likely N-dealkylation sites (N-methyl/N-ethyl adjacent to an activating group) is 1. The molecule has 9 heteroatoms. The summed E-state index contributed by atoms with van der Waals surface area (Å²) >= 11 is 0. The molecule has 3 fully saturated rings. The largest absolute Gasteiger partial charge is 0.378 e. The van der Waals surface area contributed by atoms with E-state index in [1.54, 1.807) is 0 Å². The van der Waals surface area contributed by atoms with Gasteiger partial charge in [0.15, 0.2) is 6.29 Å². The van der Waals surface area contributed by atoms with Crippen LogP contribution >= 0.6 is 0 Å². The molecule has 1 aromatic rings. The van der Waals surface area contributed by atoms with Crippen LogP contribution in [0.1, 0.15) is 58.3 Å². The molecule has 36 heavy (non-hydrogen) atoms. The lowest BCUT2D eigenvalue weighted by Gasteiger charge is -2.30. The number of nitrogens with zero attached hydrogens (tertiary/aromatic N) is 4. The first-order valence-electron chi connectivity index (χ1n) is 14.1. The van der Waals surface area contributed by atoms with Crippen molar-refractivity contribution in [2.45, 2.75) is 76.7 Å². The second-order valence-corrected chi connectivity index (χ2v) is 10.4. The standard InChI is InChI=1S/C27H44N8O/c1-2-34-15-7-10-24(34)20-28-25-31-26(29-21-8-5-3-4-6-9-21)33-27(32-25)30-22-11-13-23(14-12-22)35-16-18-36-19-17-35/h11-14,21,24,26,29H,2-10,15-20H2,1H3,(H3,28,30,31,32,33). The molecule has 2 saturated heterocycles. The number of nitrogens with one attached hydrogen (secondary N) is 4. The van der Waals surface area contributed by atoms with Crippen LogP contribution in [-0.2, 0) is 4.74 Å². The van der Waals surface area contributed by atoms with Gasteiger partial charge in [-0.2, -0.15) is 0 Å². The molecule has 5 rings (SSSR count). The van der Waals surface area contributed by atoms with E-state index < -0.39 is 0 Å². The summed E-state index contributed by atoms with van der Waals surface area (Å²) in [4.78, 5) is 14.8. The first-order valence-corrected chi connectivity index (χ1v) is 14.1. The predicted molar refractivity (Wildman–Crippen MR) is 148 cm³/mol. The number of guanidine groups is 2. The highest BCUT2D eigenvalue weighted by Crippen LogP contribution is 2.20. The van der Waals surface area contributed by atoms with E-state index in [9.17, 15) is 0 Å². The number of anilines is 2. The maximum absolute atomic E-state index is 5.49. The molecule has 1 saturated carbocycles.